The number of methoxy groups -OCH3 is 1. The molecule has 0 atom stereocenters. The van der Waals surface area contributed by atoms with Gasteiger partial charge in [-0.05, 0) is 0 Å². The van der Waals surface area contributed by atoms with E-state index in [0.29, 0.717) is 11.4 Å². The molecule has 1 amide bonds. The molecule has 2 aromatic carbocycles. The van der Waals surface area contributed by atoms with Gasteiger partial charge in [0.15, 0.2) is 0 Å². The molecular weight excluding hydrogens is 577 g/mol. The van der Waals surface area contributed by atoms with Crippen LogP contribution in [0.2, 0.25) is 0 Å². The topological polar surface area (TPSA) is 98.2 Å². The Balaban J connectivity index is 1.63. The molecule has 1 aromatic heterocycles. The fourth-order valence-corrected chi connectivity index (χ4v) is 7.03. The minimum atomic E-state index is -4.17. The van der Waals surface area contributed by atoms with Crippen LogP contribution in [-0.2, 0) is 20.2 Å². The van der Waals surface area contributed by atoms with Crippen molar-refractivity contribution in [2.24, 2.45) is 0 Å². The maximum atomic E-state index is 13.2. The van der Waals surface area contributed by atoms with Crippen molar-refractivity contribution in [3.05, 3.63) is 85.3 Å². The van der Waals surface area contributed by atoms with E-state index >= 15 is 0 Å². The van der Waals surface area contributed by atoms with E-state index in [0.717, 1.165) is 20.3 Å². The normalized spacial score (nSPS) is 13.7. The third-order valence-electron chi connectivity index (χ3n) is 5.39. The SMILES string of the molecule is COc1ccc(C(C)(C)C)cc1S(=O)(=O)NC(=O)C1=C[I-]c2cccc(-c3ncccn3)c2C=C1. The van der Waals surface area contributed by atoms with Crippen molar-refractivity contribution in [3.8, 4) is 17.1 Å². The van der Waals surface area contributed by atoms with Crippen molar-refractivity contribution in [1.82, 2.24) is 14.7 Å². The van der Waals surface area contributed by atoms with Crippen molar-refractivity contribution in [2.75, 3.05) is 7.11 Å². The van der Waals surface area contributed by atoms with Gasteiger partial charge in [-0.3, -0.25) is 0 Å². The third-order valence-corrected chi connectivity index (χ3v) is 9.33. The quantitative estimate of drug-likeness (QED) is 0.440. The van der Waals surface area contributed by atoms with E-state index in [-0.39, 0.29) is 16.1 Å². The molecule has 1 N–H and O–H groups in total. The van der Waals surface area contributed by atoms with Gasteiger partial charge >= 0.3 is 216 Å². The van der Waals surface area contributed by atoms with Crippen LogP contribution >= 0.6 is 0 Å². The number of benzene rings is 2. The molecule has 0 aliphatic carbocycles. The molecule has 2 heterocycles. The zero-order valence-corrected chi connectivity index (χ0v) is 22.7. The van der Waals surface area contributed by atoms with Crippen molar-refractivity contribution < 1.29 is 39.2 Å². The summed E-state index contributed by atoms with van der Waals surface area (Å²) in [4.78, 5) is 21.7. The van der Waals surface area contributed by atoms with Gasteiger partial charge in [-0.2, -0.15) is 0 Å². The molecule has 0 bridgehead atoms. The van der Waals surface area contributed by atoms with Crippen molar-refractivity contribution >= 4 is 22.0 Å². The molecular formula is C26H25IN3O4S-. The van der Waals surface area contributed by atoms with E-state index in [9.17, 15) is 13.2 Å². The molecule has 0 unspecified atom stereocenters. The number of nitrogens with zero attached hydrogens (tertiary/aromatic N) is 2. The molecule has 4 rings (SSSR count). The Morgan fingerprint density at radius 2 is 1.77 bits per heavy atom. The van der Waals surface area contributed by atoms with Gasteiger partial charge in [0.05, 0.1) is 0 Å². The summed E-state index contributed by atoms with van der Waals surface area (Å²) in [6, 6.07) is 12.6. The summed E-state index contributed by atoms with van der Waals surface area (Å²) < 4.78 is 36.9. The van der Waals surface area contributed by atoms with Crippen LogP contribution in [0.15, 0.2) is 75.5 Å². The van der Waals surface area contributed by atoms with Crippen LogP contribution in [0.5, 0.6) is 5.75 Å². The molecule has 0 spiro atoms. The molecule has 0 saturated heterocycles. The molecule has 1 aliphatic rings. The third kappa shape index (κ3) is 5.46. The number of fused-ring (bicyclic) bond motifs is 1. The first-order valence-corrected chi connectivity index (χ1v) is 14.6. The molecule has 1 aliphatic heterocycles. The van der Waals surface area contributed by atoms with E-state index in [1.807, 2.05) is 55.2 Å². The van der Waals surface area contributed by atoms with Gasteiger partial charge in [0.1, 0.15) is 0 Å². The second-order valence-corrected chi connectivity index (χ2v) is 12.9. The Kier molecular flexibility index (Phi) is 7.09. The number of aromatic nitrogens is 2. The molecule has 0 saturated carbocycles. The standard InChI is InChI=1S/C26H25IN3O4S/c1-26(2,3)18-10-12-22(34-4)23(15-18)35(32,33)30-25(31)17-9-11-19-20(24-28-13-6-14-29-24)7-5-8-21(19)27-16-17/h5-16H,1-4H3,(H,30,31)/q-1. The zero-order chi connectivity index (χ0) is 25.2. The van der Waals surface area contributed by atoms with Crippen LogP contribution in [0, 0.1) is 3.57 Å². The molecule has 9 heteroatoms. The van der Waals surface area contributed by atoms with E-state index in [4.69, 9.17) is 4.74 Å². The number of carbonyl (C=O) groups excluding carboxylic acids is 1. The van der Waals surface area contributed by atoms with Crippen LogP contribution in [0.1, 0.15) is 31.9 Å². The number of nitrogens with one attached hydrogen (secondary N) is 1. The predicted molar refractivity (Wildman–Crippen MR) is 130 cm³/mol. The number of ether oxygens (including phenoxy) is 1. The fraction of sp³-hybridized carbons (Fsp3) is 0.192. The maximum absolute atomic E-state index is 13.2. The Morgan fingerprint density at radius 1 is 1.03 bits per heavy atom. The molecule has 35 heavy (non-hydrogen) atoms. The minimum absolute atomic E-state index is 0.0690. The predicted octanol–water partition coefficient (Wildman–Crippen LogP) is 1.12. The average molecular weight is 602 g/mol. The summed E-state index contributed by atoms with van der Waals surface area (Å²) in [5.74, 6) is 0.0878. The number of sulfonamides is 1. The summed E-state index contributed by atoms with van der Waals surface area (Å²) in [5, 5.41) is 0. The van der Waals surface area contributed by atoms with Gasteiger partial charge in [-0.25, -0.2) is 0 Å². The van der Waals surface area contributed by atoms with Crippen LogP contribution in [-0.4, -0.2) is 31.4 Å². The first kappa shape index (κ1) is 25.1. The Hall–Kier alpha value is -3.05. The second-order valence-electron chi connectivity index (χ2n) is 8.83. The van der Waals surface area contributed by atoms with Crippen LogP contribution in [0.4, 0.5) is 0 Å². The molecule has 7 nitrogen and oxygen atoms in total. The summed E-state index contributed by atoms with van der Waals surface area (Å²) in [6.07, 6.45) is 6.84. The number of hydrogen-bond acceptors (Lipinski definition) is 6. The van der Waals surface area contributed by atoms with Crippen LogP contribution in [0.25, 0.3) is 17.5 Å². The monoisotopic (exact) mass is 602 g/mol. The molecule has 0 radical (unpaired) electrons. The number of amides is 1. The Labute approximate surface area is 215 Å². The van der Waals surface area contributed by atoms with Crippen LogP contribution < -0.4 is 30.7 Å². The fourth-order valence-electron chi connectivity index (χ4n) is 3.48. The van der Waals surface area contributed by atoms with Gasteiger partial charge < -0.3 is 0 Å². The van der Waals surface area contributed by atoms with E-state index in [1.54, 1.807) is 36.7 Å². The van der Waals surface area contributed by atoms with Gasteiger partial charge in [-0.15, -0.1) is 0 Å². The second kappa shape index (κ2) is 9.90. The summed E-state index contributed by atoms with van der Waals surface area (Å²) >= 11 is -0.704. The van der Waals surface area contributed by atoms with E-state index in [1.165, 1.54) is 7.11 Å². The first-order chi connectivity index (χ1) is 16.6. The summed E-state index contributed by atoms with van der Waals surface area (Å²) in [6.45, 7) is 5.96. The van der Waals surface area contributed by atoms with Gasteiger partial charge in [0.2, 0.25) is 0 Å². The summed E-state index contributed by atoms with van der Waals surface area (Å²) in [5.41, 5.74) is 2.64. The van der Waals surface area contributed by atoms with Gasteiger partial charge in [-0.1, -0.05) is 0 Å². The van der Waals surface area contributed by atoms with Crippen molar-refractivity contribution in [3.63, 3.8) is 0 Å². The first-order valence-electron chi connectivity index (χ1n) is 10.8. The number of carbonyl (C=O) groups is 1. The van der Waals surface area contributed by atoms with E-state index in [2.05, 4.69) is 14.7 Å². The molecule has 3 aromatic rings. The number of rotatable bonds is 5. The number of halogens is 1. The van der Waals surface area contributed by atoms with Crippen molar-refractivity contribution in [1.29, 1.82) is 0 Å². The van der Waals surface area contributed by atoms with Gasteiger partial charge in [0, 0.05) is 0 Å². The summed E-state index contributed by atoms with van der Waals surface area (Å²) in [7, 11) is -2.77. The number of hydrogen-bond donors (Lipinski definition) is 1. The van der Waals surface area contributed by atoms with E-state index < -0.39 is 37.1 Å². The average Bonchev–Trinajstić information content (AvgIpc) is 3.06. The van der Waals surface area contributed by atoms with Crippen molar-refractivity contribution in [2.45, 2.75) is 31.1 Å². The molecule has 0 fully saturated rings. The Bertz CT molecular complexity index is 1440. The zero-order valence-electron chi connectivity index (χ0n) is 19.7. The van der Waals surface area contributed by atoms with Gasteiger partial charge in [0.25, 0.3) is 0 Å². The molecule has 182 valence electrons. The Morgan fingerprint density at radius 3 is 2.46 bits per heavy atom. The van der Waals surface area contributed by atoms with Crippen LogP contribution in [0.3, 0.4) is 0 Å².